The highest BCUT2D eigenvalue weighted by atomic mass is 19.3. The molecule has 0 unspecified atom stereocenters. The lowest BCUT2D eigenvalue weighted by Gasteiger charge is -2.30. The highest BCUT2D eigenvalue weighted by molar-refractivity contribution is 5.87. The van der Waals surface area contributed by atoms with Gasteiger partial charge in [-0.2, -0.15) is 8.78 Å². The minimum absolute atomic E-state index is 0.0102. The van der Waals surface area contributed by atoms with Crippen LogP contribution in [0.3, 0.4) is 0 Å². The van der Waals surface area contributed by atoms with Crippen LogP contribution in [0.25, 0.3) is 11.1 Å². The van der Waals surface area contributed by atoms with Gasteiger partial charge in [-0.1, -0.05) is 32.6 Å². The fraction of sp³-hybridized carbons (Fsp3) is 0.640. The first kappa shape index (κ1) is 50.7. The molecule has 0 spiro atoms. The molecule has 4 heterocycles. The molecule has 0 aliphatic carbocycles. The van der Waals surface area contributed by atoms with Crippen molar-refractivity contribution >= 4 is 0 Å². The van der Waals surface area contributed by atoms with E-state index in [-0.39, 0.29) is 85.0 Å². The Morgan fingerprint density at radius 2 is 0.761 bits per heavy atom. The highest BCUT2D eigenvalue weighted by Crippen LogP contribution is 2.58. The molecule has 7 rings (SSSR count). The predicted octanol–water partition coefficient (Wildman–Crippen LogP) is 10.4. The zero-order valence-electron chi connectivity index (χ0n) is 38.9. The summed E-state index contributed by atoms with van der Waals surface area (Å²) < 4.78 is 144. The quantitative estimate of drug-likeness (QED) is 0.0678. The number of piperidine rings is 4. The fourth-order valence-corrected chi connectivity index (χ4v) is 9.40. The average molecular weight is 953 g/mol. The molecule has 17 heteroatoms. The second-order valence-corrected chi connectivity index (χ2v) is 18.0. The molecular formula is C50H67F7N4O6. The lowest BCUT2D eigenvalue weighted by Crippen LogP contribution is -2.34. The maximum atomic E-state index is 16.5. The van der Waals surface area contributed by atoms with E-state index in [1.807, 2.05) is 6.92 Å². The first-order chi connectivity index (χ1) is 32.5. The van der Waals surface area contributed by atoms with E-state index in [1.54, 1.807) is 0 Å². The van der Waals surface area contributed by atoms with Crippen LogP contribution < -0.4 is 28.4 Å². The Morgan fingerprint density at radius 3 is 1.12 bits per heavy atom. The summed E-state index contributed by atoms with van der Waals surface area (Å²) in [6.45, 7) is 12.3. The first-order valence-corrected chi connectivity index (χ1v) is 24.5. The van der Waals surface area contributed by atoms with Crippen LogP contribution in [-0.2, 0) is 6.11 Å². The minimum atomic E-state index is -4.81. The van der Waals surface area contributed by atoms with Crippen LogP contribution in [0.4, 0.5) is 30.7 Å². The molecule has 4 fully saturated rings. The average Bonchev–Trinajstić information content (AvgIpc) is 3.32. The van der Waals surface area contributed by atoms with E-state index in [9.17, 15) is 13.2 Å². The summed E-state index contributed by atoms with van der Waals surface area (Å²) in [5.41, 5.74) is -2.06. The summed E-state index contributed by atoms with van der Waals surface area (Å²) >= 11 is 0. The number of nitrogens with zero attached hydrogens (tertiary/aromatic N) is 4. The molecule has 67 heavy (non-hydrogen) atoms. The van der Waals surface area contributed by atoms with E-state index < -0.39 is 46.5 Å². The van der Waals surface area contributed by atoms with Crippen LogP contribution >= 0.6 is 0 Å². The van der Waals surface area contributed by atoms with Crippen molar-refractivity contribution in [3.8, 4) is 45.6 Å². The van der Waals surface area contributed by atoms with Crippen LogP contribution in [0.5, 0.6) is 34.5 Å². The van der Waals surface area contributed by atoms with Crippen molar-refractivity contribution in [3.63, 3.8) is 0 Å². The molecule has 3 aromatic carbocycles. The van der Waals surface area contributed by atoms with Gasteiger partial charge in [0.2, 0.25) is 17.2 Å². The Morgan fingerprint density at radius 1 is 0.433 bits per heavy atom. The zero-order chi connectivity index (χ0) is 47.2. The molecule has 0 bridgehead atoms. The third-order valence-corrected chi connectivity index (χ3v) is 13.0. The van der Waals surface area contributed by atoms with Gasteiger partial charge in [0, 0.05) is 38.3 Å². The number of rotatable bonds is 23. The number of halogens is 7. The maximum absolute atomic E-state index is 16.5. The number of benzene rings is 3. The van der Waals surface area contributed by atoms with Gasteiger partial charge >= 0.3 is 6.11 Å². The fourth-order valence-electron chi connectivity index (χ4n) is 9.40. The van der Waals surface area contributed by atoms with Crippen molar-refractivity contribution < 1.29 is 59.2 Å². The predicted molar refractivity (Wildman–Crippen MR) is 242 cm³/mol. The number of hydrogen-bond donors (Lipinski definition) is 0. The highest BCUT2D eigenvalue weighted by Gasteiger charge is 2.43. The molecule has 0 N–H and O–H groups in total. The summed E-state index contributed by atoms with van der Waals surface area (Å²) in [5.74, 6) is -9.66. The molecule has 4 aliphatic heterocycles. The Labute approximate surface area is 390 Å². The molecule has 4 saturated heterocycles. The number of hydrogen-bond acceptors (Lipinski definition) is 10. The molecular weight excluding hydrogens is 886 g/mol. The van der Waals surface area contributed by atoms with Crippen molar-refractivity contribution in [2.75, 3.05) is 112 Å². The van der Waals surface area contributed by atoms with E-state index in [0.717, 1.165) is 123 Å². The normalized spacial score (nSPS) is 18.2. The molecule has 0 atom stereocenters. The van der Waals surface area contributed by atoms with Crippen molar-refractivity contribution in [2.24, 2.45) is 0 Å². The largest absolute Gasteiger partial charge is 0.487 e. The zero-order valence-corrected chi connectivity index (χ0v) is 38.9. The van der Waals surface area contributed by atoms with E-state index in [1.165, 1.54) is 6.42 Å². The third-order valence-electron chi connectivity index (χ3n) is 13.0. The second kappa shape index (κ2) is 24.9. The van der Waals surface area contributed by atoms with Crippen molar-refractivity contribution in [2.45, 2.75) is 96.5 Å². The Balaban J connectivity index is 1.36. The van der Waals surface area contributed by atoms with Crippen molar-refractivity contribution in [3.05, 3.63) is 58.9 Å². The van der Waals surface area contributed by atoms with Gasteiger partial charge < -0.3 is 28.4 Å². The van der Waals surface area contributed by atoms with Crippen LogP contribution in [-0.4, -0.2) is 131 Å². The maximum Gasteiger partial charge on any atom is 0.432 e. The minimum Gasteiger partial charge on any atom is -0.487 e. The van der Waals surface area contributed by atoms with Gasteiger partial charge in [-0.25, -0.2) is 22.0 Å². The molecule has 0 saturated carbocycles. The van der Waals surface area contributed by atoms with E-state index in [0.29, 0.717) is 44.7 Å². The smallest absolute Gasteiger partial charge is 0.432 e. The van der Waals surface area contributed by atoms with Gasteiger partial charge in [-0.3, -0.25) is 19.6 Å². The SMILES string of the molecule is CCCOc1c(OCCN2CCCCC2)c(OCCN2CCCCC2)c(OCCN2CCCCC2)c(-c2cc(F)c(C(F)(F)Oc3cc(F)c(F)c(F)c3)c(F)c2)c1OCCN1CCCCC1. The summed E-state index contributed by atoms with van der Waals surface area (Å²) in [7, 11) is 0. The van der Waals surface area contributed by atoms with E-state index in [2.05, 4.69) is 24.3 Å². The molecule has 0 amide bonds. The summed E-state index contributed by atoms with van der Waals surface area (Å²) in [6, 6.07) is 1.75. The molecule has 372 valence electrons. The first-order valence-electron chi connectivity index (χ1n) is 24.5. The van der Waals surface area contributed by atoms with Gasteiger partial charge in [0.15, 0.2) is 29.0 Å². The van der Waals surface area contributed by atoms with Gasteiger partial charge in [-0.05, 0) is 128 Å². The van der Waals surface area contributed by atoms with Gasteiger partial charge in [-0.15, -0.1) is 0 Å². The van der Waals surface area contributed by atoms with Gasteiger partial charge in [0.05, 0.1) is 12.2 Å². The Bertz CT molecular complexity index is 2000. The lowest BCUT2D eigenvalue weighted by molar-refractivity contribution is -0.189. The van der Waals surface area contributed by atoms with E-state index in [4.69, 9.17) is 23.7 Å². The van der Waals surface area contributed by atoms with Crippen LogP contribution in [0, 0.1) is 29.1 Å². The van der Waals surface area contributed by atoms with Crippen molar-refractivity contribution in [1.29, 1.82) is 0 Å². The molecule has 0 aromatic heterocycles. The Kier molecular flexibility index (Phi) is 18.8. The lowest BCUT2D eigenvalue weighted by atomic mass is 9.98. The topological polar surface area (TPSA) is 68.3 Å². The third kappa shape index (κ3) is 13.7. The number of likely N-dealkylation sites (tertiary alicyclic amines) is 4. The number of ether oxygens (including phenoxy) is 6. The van der Waals surface area contributed by atoms with Crippen LogP contribution in [0.2, 0.25) is 0 Å². The standard InChI is InChI=1S/C50H67F7N4O6/c1-2-27-62-47-45(63-28-23-58-15-7-3-8-16-58)42(36-32-38(51)43(39(52)33-36)50(56,57)67-37-34-40(53)44(55)41(54)35-37)46(64-29-24-59-17-9-4-10-18-59)48(65-30-25-60-19-11-5-12-20-60)49(47)66-31-26-61-21-13-6-14-22-61/h32-35H,2-31H2,1H3. The van der Waals surface area contributed by atoms with E-state index >= 15 is 17.6 Å². The van der Waals surface area contributed by atoms with Crippen molar-refractivity contribution in [1.82, 2.24) is 19.6 Å². The summed E-state index contributed by atoms with van der Waals surface area (Å²) in [6.07, 6.45) is 8.77. The second-order valence-electron chi connectivity index (χ2n) is 18.0. The number of alkyl halides is 2. The monoisotopic (exact) mass is 952 g/mol. The summed E-state index contributed by atoms with van der Waals surface area (Å²) in [5, 5.41) is 0. The summed E-state index contributed by atoms with van der Waals surface area (Å²) in [4.78, 5) is 9.20. The van der Waals surface area contributed by atoms with Gasteiger partial charge in [0.1, 0.15) is 49.4 Å². The van der Waals surface area contributed by atoms with Gasteiger partial charge in [0.25, 0.3) is 0 Å². The Hall–Kier alpha value is -4.19. The molecule has 0 radical (unpaired) electrons. The van der Waals surface area contributed by atoms with Crippen LogP contribution in [0.15, 0.2) is 24.3 Å². The molecule has 10 nitrogen and oxygen atoms in total. The van der Waals surface area contributed by atoms with Crippen LogP contribution in [0.1, 0.15) is 96.0 Å². The molecule has 3 aromatic rings. The molecule has 4 aliphatic rings.